The summed E-state index contributed by atoms with van der Waals surface area (Å²) in [7, 11) is 0. The molecule has 21 heavy (non-hydrogen) atoms. The molecule has 0 aliphatic carbocycles. The van der Waals surface area contributed by atoms with Gasteiger partial charge in [0.2, 0.25) is 0 Å². The van der Waals surface area contributed by atoms with Gasteiger partial charge in [-0.25, -0.2) is 4.98 Å². The van der Waals surface area contributed by atoms with Gasteiger partial charge >= 0.3 is 0 Å². The third-order valence-electron chi connectivity index (χ3n) is 3.66. The van der Waals surface area contributed by atoms with Gasteiger partial charge in [0.15, 0.2) is 10.4 Å². The minimum Gasteiger partial charge on any atom is -0.329 e. The maximum Gasteiger partial charge on any atom is 0.179 e. The van der Waals surface area contributed by atoms with E-state index in [9.17, 15) is 0 Å². The van der Waals surface area contributed by atoms with Crippen LogP contribution in [0.5, 0.6) is 0 Å². The van der Waals surface area contributed by atoms with Crippen LogP contribution < -0.4 is 0 Å². The molecular weight excluding hydrogens is 302 g/mol. The summed E-state index contributed by atoms with van der Waals surface area (Å²) in [4.78, 5) is 7.59. The Morgan fingerprint density at radius 3 is 2.86 bits per heavy atom. The lowest BCUT2D eigenvalue weighted by Gasteiger charge is -2.14. The molecule has 1 atom stereocenters. The van der Waals surface area contributed by atoms with Crippen molar-refractivity contribution in [3.63, 3.8) is 0 Å². The second kappa shape index (κ2) is 6.00. The lowest BCUT2D eigenvalue weighted by molar-refractivity contribution is 0.511. The molecule has 0 amide bonds. The lowest BCUT2D eigenvalue weighted by atomic mass is 10.1. The van der Waals surface area contributed by atoms with E-state index >= 15 is 0 Å². The summed E-state index contributed by atoms with van der Waals surface area (Å²) in [6, 6.07) is 12.6. The summed E-state index contributed by atoms with van der Waals surface area (Å²) in [5.74, 6) is 0. The van der Waals surface area contributed by atoms with Crippen LogP contribution in [0.4, 0.5) is 0 Å². The highest BCUT2D eigenvalue weighted by Gasteiger charge is 2.12. The van der Waals surface area contributed by atoms with Gasteiger partial charge in [-0.2, -0.15) is 0 Å². The van der Waals surface area contributed by atoms with Crippen molar-refractivity contribution in [2.75, 3.05) is 0 Å². The molecule has 3 aromatic rings. The number of imidazole rings is 1. The fourth-order valence-corrected chi connectivity index (χ4v) is 3.08. The Kier molecular flexibility index (Phi) is 4.08. The van der Waals surface area contributed by atoms with Gasteiger partial charge in [-0.3, -0.25) is 4.57 Å². The highest BCUT2D eigenvalue weighted by atomic mass is 35.5. The van der Waals surface area contributed by atoms with Crippen LogP contribution in [-0.4, -0.2) is 14.5 Å². The number of halogens is 1. The van der Waals surface area contributed by atoms with E-state index < -0.39 is 0 Å². The lowest BCUT2D eigenvalue weighted by Crippen LogP contribution is -2.07. The molecule has 1 aromatic carbocycles. The van der Waals surface area contributed by atoms with E-state index in [0.717, 1.165) is 24.0 Å². The molecule has 2 heterocycles. The molecule has 0 saturated heterocycles. The molecule has 5 heteroatoms. The van der Waals surface area contributed by atoms with E-state index in [2.05, 4.69) is 45.7 Å². The third kappa shape index (κ3) is 3.01. The molecule has 0 saturated carbocycles. The molecule has 0 spiro atoms. The Morgan fingerprint density at radius 2 is 2.10 bits per heavy atom. The van der Waals surface area contributed by atoms with E-state index in [1.54, 1.807) is 6.20 Å². The number of H-pyrrole nitrogens is 1. The number of aryl methyl sites for hydroxylation is 1. The standard InChI is InChI=1S/C16H16ClN3S/c1-11(7-8-12-5-3-2-4-6-12)20-15-14(19-16(20)21)9-13(17)10-18-15/h2-6,9-11H,7-8H2,1H3,(H,19,21). The van der Waals surface area contributed by atoms with E-state index in [0.29, 0.717) is 9.79 Å². The van der Waals surface area contributed by atoms with E-state index in [4.69, 9.17) is 23.8 Å². The highest BCUT2D eigenvalue weighted by molar-refractivity contribution is 7.71. The van der Waals surface area contributed by atoms with Gasteiger partial charge < -0.3 is 4.98 Å². The molecule has 0 aliphatic rings. The zero-order chi connectivity index (χ0) is 14.8. The van der Waals surface area contributed by atoms with Crippen molar-refractivity contribution in [3.8, 4) is 0 Å². The predicted octanol–water partition coefficient (Wildman–Crippen LogP) is 4.94. The summed E-state index contributed by atoms with van der Waals surface area (Å²) in [5, 5.41) is 0.614. The van der Waals surface area contributed by atoms with Crippen molar-refractivity contribution in [3.05, 3.63) is 58.0 Å². The molecule has 3 nitrogen and oxygen atoms in total. The van der Waals surface area contributed by atoms with Gasteiger partial charge in [0, 0.05) is 12.2 Å². The average Bonchev–Trinajstić information content (AvgIpc) is 2.81. The van der Waals surface area contributed by atoms with Crippen LogP contribution in [0.2, 0.25) is 5.02 Å². The quantitative estimate of drug-likeness (QED) is 0.691. The Bertz CT molecular complexity index is 807. The first-order valence-electron chi connectivity index (χ1n) is 6.95. The molecule has 1 N–H and O–H groups in total. The van der Waals surface area contributed by atoms with Gasteiger partial charge in [0.1, 0.15) is 0 Å². The second-order valence-electron chi connectivity index (χ2n) is 5.20. The van der Waals surface area contributed by atoms with Crippen LogP contribution in [0.15, 0.2) is 42.6 Å². The number of pyridine rings is 1. The maximum atomic E-state index is 5.98. The van der Waals surface area contributed by atoms with Crippen molar-refractivity contribution in [2.45, 2.75) is 25.8 Å². The summed E-state index contributed by atoms with van der Waals surface area (Å²) < 4.78 is 2.77. The number of rotatable bonds is 4. The zero-order valence-corrected chi connectivity index (χ0v) is 13.3. The minimum atomic E-state index is 0.278. The Balaban J connectivity index is 1.86. The average molecular weight is 318 g/mol. The second-order valence-corrected chi connectivity index (χ2v) is 6.02. The Labute approximate surface area is 133 Å². The highest BCUT2D eigenvalue weighted by Crippen LogP contribution is 2.23. The smallest absolute Gasteiger partial charge is 0.179 e. The molecular formula is C16H16ClN3S. The fourth-order valence-electron chi connectivity index (χ4n) is 2.55. The predicted molar refractivity (Wildman–Crippen MR) is 89.4 cm³/mol. The van der Waals surface area contributed by atoms with Crippen LogP contribution in [-0.2, 0) is 6.42 Å². The molecule has 2 aromatic heterocycles. The van der Waals surface area contributed by atoms with Gasteiger partial charge in [0.25, 0.3) is 0 Å². The van der Waals surface area contributed by atoms with Crippen LogP contribution in [0, 0.1) is 4.77 Å². The van der Waals surface area contributed by atoms with Crippen molar-refractivity contribution in [2.24, 2.45) is 0 Å². The third-order valence-corrected chi connectivity index (χ3v) is 4.16. The molecule has 0 bridgehead atoms. The maximum absolute atomic E-state index is 5.98. The number of aromatic amines is 1. The summed E-state index contributed by atoms with van der Waals surface area (Å²) in [6.07, 6.45) is 3.69. The van der Waals surface area contributed by atoms with Crippen molar-refractivity contribution < 1.29 is 0 Å². The molecule has 0 aliphatic heterocycles. The van der Waals surface area contributed by atoms with Gasteiger partial charge in [-0.05, 0) is 43.6 Å². The van der Waals surface area contributed by atoms with Gasteiger partial charge in [0.05, 0.1) is 10.5 Å². The number of hydrogen-bond acceptors (Lipinski definition) is 2. The van der Waals surface area contributed by atoms with Crippen LogP contribution in [0.1, 0.15) is 24.9 Å². The molecule has 0 fully saturated rings. The van der Waals surface area contributed by atoms with Crippen molar-refractivity contribution >= 4 is 35.0 Å². The minimum absolute atomic E-state index is 0.278. The fraction of sp³-hybridized carbons (Fsp3) is 0.250. The number of benzene rings is 1. The number of fused-ring (bicyclic) bond motifs is 1. The Morgan fingerprint density at radius 1 is 1.33 bits per heavy atom. The van der Waals surface area contributed by atoms with Crippen LogP contribution in [0.25, 0.3) is 11.2 Å². The molecule has 0 radical (unpaired) electrons. The first kappa shape index (κ1) is 14.3. The van der Waals surface area contributed by atoms with E-state index in [1.165, 1.54) is 5.56 Å². The SMILES string of the molecule is CC(CCc1ccccc1)n1c(=S)[nH]c2cc(Cl)cnc21. The van der Waals surface area contributed by atoms with Gasteiger partial charge in [-0.15, -0.1) is 0 Å². The molecule has 1 unspecified atom stereocenters. The number of nitrogens with zero attached hydrogens (tertiary/aromatic N) is 2. The normalized spacial score (nSPS) is 12.7. The summed E-state index contributed by atoms with van der Waals surface area (Å²) in [5.41, 5.74) is 3.09. The number of nitrogens with one attached hydrogen (secondary N) is 1. The van der Waals surface area contributed by atoms with Crippen molar-refractivity contribution in [1.29, 1.82) is 0 Å². The number of hydrogen-bond donors (Lipinski definition) is 1. The van der Waals surface area contributed by atoms with Crippen molar-refractivity contribution in [1.82, 2.24) is 14.5 Å². The van der Waals surface area contributed by atoms with Crippen LogP contribution >= 0.6 is 23.8 Å². The monoisotopic (exact) mass is 317 g/mol. The summed E-state index contributed by atoms with van der Waals surface area (Å²) >= 11 is 11.4. The first-order valence-corrected chi connectivity index (χ1v) is 7.73. The van der Waals surface area contributed by atoms with E-state index in [1.807, 2.05) is 12.1 Å². The topological polar surface area (TPSA) is 33.6 Å². The van der Waals surface area contributed by atoms with Crippen LogP contribution in [0.3, 0.4) is 0 Å². The number of aromatic nitrogens is 3. The Hall–Kier alpha value is -1.65. The van der Waals surface area contributed by atoms with Gasteiger partial charge in [-0.1, -0.05) is 41.9 Å². The molecule has 3 rings (SSSR count). The zero-order valence-electron chi connectivity index (χ0n) is 11.7. The first-order chi connectivity index (χ1) is 10.1. The molecule has 108 valence electrons. The van der Waals surface area contributed by atoms with E-state index in [-0.39, 0.29) is 6.04 Å². The largest absolute Gasteiger partial charge is 0.329 e. The summed E-state index contributed by atoms with van der Waals surface area (Å²) in [6.45, 7) is 2.17.